The molecule has 0 unspecified atom stereocenters. The Labute approximate surface area is 131 Å². The van der Waals surface area contributed by atoms with Gasteiger partial charge >= 0.3 is 0 Å². The van der Waals surface area contributed by atoms with Crippen LogP contribution in [0.2, 0.25) is 10.0 Å². The minimum Gasteiger partial charge on any atom is -0.294 e. The zero-order valence-electron chi connectivity index (χ0n) is 10.8. The molecule has 0 spiro atoms. The second-order valence-electron chi connectivity index (χ2n) is 4.45. The molecule has 0 bridgehead atoms. The average Bonchev–Trinajstić information content (AvgIpc) is 2.46. The van der Waals surface area contributed by atoms with E-state index < -0.39 is 11.7 Å². The molecule has 0 fully saturated rings. The number of carbonyl (C=O) groups is 1. The van der Waals surface area contributed by atoms with Crippen molar-refractivity contribution in [1.82, 2.24) is 0 Å². The lowest BCUT2D eigenvalue weighted by Gasteiger charge is -2.11. The Morgan fingerprint density at radius 2 is 1.86 bits per heavy atom. The van der Waals surface area contributed by atoms with E-state index in [9.17, 15) is 14.4 Å². The van der Waals surface area contributed by atoms with Gasteiger partial charge < -0.3 is 0 Å². The minimum absolute atomic E-state index is 0.0592. The Bertz CT molecular complexity index is 687. The van der Waals surface area contributed by atoms with E-state index >= 15 is 0 Å². The lowest BCUT2D eigenvalue weighted by molar-refractivity contribution is 0.0979. The normalized spacial score (nSPS) is 11.7. The van der Waals surface area contributed by atoms with Gasteiger partial charge in [0.2, 0.25) is 0 Å². The highest BCUT2D eigenvalue weighted by molar-refractivity contribution is 6.31. The van der Waals surface area contributed by atoms with Crippen LogP contribution in [0.25, 0.3) is 0 Å². The van der Waals surface area contributed by atoms with Crippen LogP contribution >= 0.6 is 23.2 Å². The van der Waals surface area contributed by atoms with Crippen molar-refractivity contribution in [2.45, 2.75) is 12.3 Å². The van der Waals surface area contributed by atoms with Gasteiger partial charge in [0.15, 0.2) is 5.78 Å². The van der Waals surface area contributed by atoms with E-state index in [1.165, 1.54) is 18.2 Å². The molecule has 0 heterocycles. The van der Waals surface area contributed by atoms with Crippen LogP contribution < -0.4 is 0 Å². The Morgan fingerprint density at radius 3 is 2.43 bits per heavy atom. The monoisotopic (exact) mass is 321 g/mol. The van der Waals surface area contributed by atoms with Gasteiger partial charge in [-0.2, -0.15) is 5.26 Å². The van der Waals surface area contributed by atoms with E-state index in [2.05, 4.69) is 0 Å². The molecule has 2 rings (SSSR count). The molecule has 2 aromatic carbocycles. The second-order valence-corrected chi connectivity index (χ2v) is 5.29. The molecule has 0 aliphatic heterocycles. The number of rotatable bonds is 4. The van der Waals surface area contributed by atoms with Gasteiger partial charge in [-0.15, -0.1) is 0 Å². The molecule has 0 aliphatic carbocycles. The summed E-state index contributed by atoms with van der Waals surface area (Å²) in [4.78, 5) is 12.2. The zero-order chi connectivity index (χ0) is 15.4. The van der Waals surface area contributed by atoms with Gasteiger partial charge in [-0.05, 0) is 36.4 Å². The molecule has 5 heteroatoms. The van der Waals surface area contributed by atoms with Gasteiger partial charge in [-0.3, -0.25) is 4.79 Å². The zero-order valence-corrected chi connectivity index (χ0v) is 12.3. The molecule has 0 radical (unpaired) electrons. The molecule has 0 amide bonds. The molecular formula is C16H10Cl2FNO. The van der Waals surface area contributed by atoms with Crippen molar-refractivity contribution >= 4 is 29.0 Å². The van der Waals surface area contributed by atoms with E-state index in [1.807, 2.05) is 6.07 Å². The Morgan fingerprint density at radius 1 is 1.19 bits per heavy atom. The van der Waals surface area contributed by atoms with Crippen LogP contribution in [-0.2, 0) is 0 Å². The van der Waals surface area contributed by atoms with Crippen molar-refractivity contribution in [3.05, 3.63) is 69.5 Å². The Hall–Kier alpha value is -1.89. The van der Waals surface area contributed by atoms with Crippen LogP contribution in [0.5, 0.6) is 0 Å². The fourth-order valence-corrected chi connectivity index (χ4v) is 2.42. The summed E-state index contributed by atoms with van der Waals surface area (Å²) < 4.78 is 13.8. The van der Waals surface area contributed by atoms with E-state index in [4.69, 9.17) is 23.2 Å². The van der Waals surface area contributed by atoms with E-state index in [1.54, 1.807) is 24.3 Å². The predicted molar refractivity (Wildman–Crippen MR) is 80.2 cm³/mol. The minimum atomic E-state index is -0.929. The van der Waals surface area contributed by atoms with Crippen molar-refractivity contribution in [3.63, 3.8) is 0 Å². The third-order valence-corrected chi connectivity index (χ3v) is 3.64. The highest BCUT2D eigenvalue weighted by Gasteiger charge is 2.22. The van der Waals surface area contributed by atoms with Gasteiger partial charge in [0, 0.05) is 27.6 Å². The van der Waals surface area contributed by atoms with Crippen LogP contribution in [0, 0.1) is 17.1 Å². The van der Waals surface area contributed by atoms with E-state index in [-0.39, 0.29) is 22.8 Å². The molecule has 0 aliphatic rings. The third kappa shape index (κ3) is 3.60. The average molecular weight is 322 g/mol. The molecule has 21 heavy (non-hydrogen) atoms. The summed E-state index contributed by atoms with van der Waals surface area (Å²) in [7, 11) is 0. The first kappa shape index (κ1) is 15.5. The third-order valence-electron chi connectivity index (χ3n) is 3.06. The number of Topliss-reactive ketones (excluding diaryl/α,β-unsaturated/α-hetero) is 1. The number of hydrogen-bond donors (Lipinski definition) is 0. The van der Waals surface area contributed by atoms with Gasteiger partial charge in [0.1, 0.15) is 5.82 Å². The van der Waals surface area contributed by atoms with E-state index in [0.717, 1.165) is 0 Å². The molecule has 0 aromatic heterocycles. The molecule has 0 saturated heterocycles. The Kier molecular flexibility index (Phi) is 4.95. The number of carbonyl (C=O) groups excluding carboxylic acids is 1. The summed E-state index contributed by atoms with van der Waals surface area (Å²) in [5, 5.41) is 9.88. The number of benzene rings is 2. The van der Waals surface area contributed by atoms with Crippen molar-refractivity contribution in [1.29, 1.82) is 5.26 Å². The maximum Gasteiger partial charge on any atom is 0.164 e. The number of nitriles is 1. The first-order valence-corrected chi connectivity index (χ1v) is 6.91. The lowest BCUT2D eigenvalue weighted by Crippen LogP contribution is -2.08. The summed E-state index contributed by atoms with van der Waals surface area (Å²) in [5.74, 6) is -1.78. The SMILES string of the molecule is N#C[C@@H](CC(=O)c1ccc(Cl)cc1)c1c(F)cccc1Cl. The fraction of sp³-hybridized carbons (Fsp3) is 0.125. The first-order chi connectivity index (χ1) is 10.0. The molecular weight excluding hydrogens is 312 g/mol. The van der Waals surface area contributed by atoms with E-state index in [0.29, 0.717) is 10.6 Å². The maximum atomic E-state index is 13.8. The maximum absolute atomic E-state index is 13.8. The molecule has 1 atom stereocenters. The summed E-state index contributed by atoms with van der Waals surface area (Å²) in [5.41, 5.74) is 0.482. The molecule has 2 nitrogen and oxygen atoms in total. The highest BCUT2D eigenvalue weighted by Crippen LogP contribution is 2.30. The van der Waals surface area contributed by atoms with Gasteiger partial charge in [-0.1, -0.05) is 29.3 Å². The lowest BCUT2D eigenvalue weighted by atomic mass is 9.92. The fourth-order valence-electron chi connectivity index (χ4n) is 1.99. The van der Waals surface area contributed by atoms with Crippen molar-refractivity contribution < 1.29 is 9.18 Å². The Balaban J connectivity index is 2.26. The standard InChI is InChI=1S/C16H10Cl2FNO/c17-12-6-4-10(5-7-12)15(21)8-11(9-20)16-13(18)2-1-3-14(16)19/h1-7,11H,8H2/t11-/m1/s1. The van der Waals surface area contributed by atoms with Crippen molar-refractivity contribution in [2.24, 2.45) is 0 Å². The van der Waals surface area contributed by atoms with Crippen molar-refractivity contribution in [2.75, 3.05) is 0 Å². The van der Waals surface area contributed by atoms with Gasteiger partial charge in [0.25, 0.3) is 0 Å². The summed E-state index contributed by atoms with van der Waals surface area (Å²) >= 11 is 11.7. The predicted octanol–water partition coefficient (Wildman–Crippen LogP) is 5.01. The van der Waals surface area contributed by atoms with Gasteiger partial charge in [-0.25, -0.2) is 4.39 Å². The van der Waals surface area contributed by atoms with Crippen molar-refractivity contribution in [3.8, 4) is 6.07 Å². The van der Waals surface area contributed by atoms with Crippen LogP contribution in [0.4, 0.5) is 4.39 Å². The van der Waals surface area contributed by atoms with Crippen LogP contribution in [0.1, 0.15) is 28.3 Å². The molecule has 0 N–H and O–H groups in total. The summed E-state index contributed by atoms with van der Waals surface area (Å²) in [6.45, 7) is 0. The molecule has 2 aromatic rings. The second kappa shape index (κ2) is 6.71. The first-order valence-electron chi connectivity index (χ1n) is 6.15. The topological polar surface area (TPSA) is 40.9 Å². The molecule has 106 valence electrons. The highest BCUT2D eigenvalue weighted by atomic mass is 35.5. The quantitative estimate of drug-likeness (QED) is 0.742. The van der Waals surface area contributed by atoms with Gasteiger partial charge in [0.05, 0.1) is 12.0 Å². The van der Waals surface area contributed by atoms with Crippen LogP contribution in [0.3, 0.4) is 0 Å². The number of halogens is 3. The number of nitrogens with zero attached hydrogens (tertiary/aromatic N) is 1. The summed E-state index contributed by atoms with van der Waals surface area (Å²) in [6.07, 6.45) is -0.140. The number of ketones is 1. The largest absolute Gasteiger partial charge is 0.294 e. The van der Waals surface area contributed by atoms with Crippen LogP contribution in [-0.4, -0.2) is 5.78 Å². The smallest absolute Gasteiger partial charge is 0.164 e. The molecule has 0 saturated carbocycles. The summed E-state index contributed by atoms with van der Waals surface area (Å²) in [6, 6.07) is 12.4. The van der Waals surface area contributed by atoms with Crippen LogP contribution in [0.15, 0.2) is 42.5 Å². The number of hydrogen-bond acceptors (Lipinski definition) is 2.